The molecule has 0 fully saturated rings. The summed E-state index contributed by atoms with van der Waals surface area (Å²) in [6.45, 7) is 1.28. The smallest absolute Gasteiger partial charge is 0.245 e. The second kappa shape index (κ2) is 17.4. The molecule has 3 atom stereocenters. The number of nitrogens with one attached hydrogen (secondary N) is 4. The maximum absolute atomic E-state index is 14.5. The summed E-state index contributed by atoms with van der Waals surface area (Å²) in [7, 11) is 1.62. The average molecular weight is 688 g/mol. The highest BCUT2D eigenvalue weighted by atomic mass is 32.2. The number of amides is 3. The molecule has 260 valence electrons. The summed E-state index contributed by atoms with van der Waals surface area (Å²) >= 11 is 1.47. The number of hydrogen-bond donors (Lipinski definition) is 6. The fourth-order valence-electron chi connectivity index (χ4n) is 6.17. The minimum absolute atomic E-state index is 0.222. The number of benzene rings is 3. The maximum Gasteiger partial charge on any atom is 0.245 e. The summed E-state index contributed by atoms with van der Waals surface area (Å²) < 4.78 is 14.5. The Labute approximate surface area is 290 Å². The van der Waals surface area contributed by atoms with Crippen molar-refractivity contribution in [1.29, 1.82) is 0 Å². The second-order valence-corrected chi connectivity index (χ2v) is 13.5. The summed E-state index contributed by atoms with van der Waals surface area (Å²) in [6, 6.07) is 17.7. The van der Waals surface area contributed by atoms with Crippen LogP contribution in [0.2, 0.25) is 0 Å². The SMILES string of the molecule is CN1C(=O)[C@H](CCCCN)NC(=O)[C@H](CCCN)NCc2cc(F)ccc2Sc2ccccc2CNC(=O)[C@@H]1Cc1c[nH]c2ccccc12. The number of halogens is 1. The summed E-state index contributed by atoms with van der Waals surface area (Å²) in [4.78, 5) is 48.8. The number of aromatic nitrogens is 1. The van der Waals surface area contributed by atoms with E-state index in [2.05, 4.69) is 20.9 Å². The first-order valence-electron chi connectivity index (χ1n) is 16.9. The molecule has 8 N–H and O–H groups in total. The van der Waals surface area contributed by atoms with Gasteiger partial charge in [-0.25, -0.2) is 4.39 Å². The highest BCUT2D eigenvalue weighted by Crippen LogP contribution is 2.33. The predicted molar refractivity (Wildman–Crippen MR) is 191 cm³/mol. The Balaban J connectivity index is 1.55. The van der Waals surface area contributed by atoms with Crippen molar-refractivity contribution in [2.45, 2.75) is 79.5 Å². The highest BCUT2D eigenvalue weighted by molar-refractivity contribution is 7.99. The molecule has 0 radical (unpaired) electrons. The number of rotatable bonds is 9. The number of likely N-dealkylation sites (N-methyl/N-ethyl adjacent to an activating group) is 1. The quantitative estimate of drug-likeness (QED) is 0.145. The van der Waals surface area contributed by atoms with E-state index in [1.165, 1.54) is 28.8 Å². The summed E-state index contributed by atoms with van der Waals surface area (Å²) in [5.74, 6) is -1.42. The molecule has 3 amide bonds. The summed E-state index contributed by atoms with van der Waals surface area (Å²) in [5.41, 5.74) is 15.0. The predicted octanol–water partition coefficient (Wildman–Crippen LogP) is 3.97. The molecule has 1 aromatic heterocycles. The van der Waals surface area contributed by atoms with Gasteiger partial charge in [-0.05, 0) is 92.2 Å². The molecule has 0 spiro atoms. The second-order valence-electron chi connectivity index (χ2n) is 12.4. The Hall–Kier alpha value is -4.23. The lowest BCUT2D eigenvalue weighted by atomic mass is 10.0. The van der Waals surface area contributed by atoms with E-state index in [4.69, 9.17) is 11.5 Å². The molecule has 49 heavy (non-hydrogen) atoms. The molecule has 1 aliphatic heterocycles. The monoisotopic (exact) mass is 687 g/mol. The molecule has 0 saturated carbocycles. The number of H-pyrrole nitrogens is 1. The minimum Gasteiger partial charge on any atom is -0.361 e. The number of carbonyl (C=O) groups excluding carboxylic acids is 3. The standard InChI is InChI=1S/C37H46FN7O3S/c1-45-32(20-25-22-41-29-11-4-3-10-28(25)29)36(47)43-21-24-9-2-5-14-33(24)49-34-16-15-27(38)19-26(34)23-42-30(13-8-18-40)35(46)44-31(37(45)48)12-6-7-17-39/h2-5,9-11,14-16,19,22,30-32,41-42H,6-8,12-13,17-18,20-21,23,39-40H2,1H3,(H,43,47)(H,44,46)/t30-,31-,32-/m0/s1. The van der Waals surface area contributed by atoms with Crippen LogP contribution in [-0.4, -0.2) is 65.9 Å². The largest absolute Gasteiger partial charge is 0.361 e. The lowest BCUT2D eigenvalue weighted by Crippen LogP contribution is -2.57. The molecule has 3 aromatic carbocycles. The van der Waals surface area contributed by atoms with Gasteiger partial charge in [-0.15, -0.1) is 0 Å². The van der Waals surface area contributed by atoms with Crippen LogP contribution in [-0.2, 0) is 33.9 Å². The molecule has 2 heterocycles. The van der Waals surface area contributed by atoms with Gasteiger partial charge in [0.1, 0.15) is 17.9 Å². The number of carbonyl (C=O) groups is 3. The number of para-hydroxylation sites is 1. The lowest BCUT2D eigenvalue weighted by Gasteiger charge is -2.32. The molecule has 4 aromatic rings. The van der Waals surface area contributed by atoms with Gasteiger partial charge < -0.3 is 37.3 Å². The number of hydrogen-bond acceptors (Lipinski definition) is 7. The van der Waals surface area contributed by atoms with Gasteiger partial charge in [0.25, 0.3) is 0 Å². The molecule has 0 aliphatic carbocycles. The van der Waals surface area contributed by atoms with Gasteiger partial charge in [-0.1, -0.05) is 48.2 Å². The van der Waals surface area contributed by atoms with Crippen molar-refractivity contribution in [2.24, 2.45) is 11.5 Å². The third-order valence-electron chi connectivity index (χ3n) is 8.99. The van der Waals surface area contributed by atoms with E-state index in [0.29, 0.717) is 50.8 Å². The van der Waals surface area contributed by atoms with Gasteiger partial charge in [-0.2, -0.15) is 0 Å². The van der Waals surface area contributed by atoms with Crippen molar-refractivity contribution in [1.82, 2.24) is 25.8 Å². The Morgan fingerprint density at radius 2 is 1.57 bits per heavy atom. The van der Waals surface area contributed by atoms with Gasteiger partial charge >= 0.3 is 0 Å². The maximum atomic E-state index is 14.5. The van der Waals surface area contributed by atoms with E-state index in [9.17, 15) is 18.8 Å². The van der Waals surface area contributed by atoms with E-state index in [1.807, 2.05) is 54.7 Å². The van der Waals surface area contributed by atoms with Crippen molar-refractivity contribution in [3.8, 4) is 0 Å². The number of unbranched alkanes of at least 4 members (excludes halogenated alkanes) is 1. The molecule has 0 unspecified atom stereocenters. The molecular weight excluding hydrogens is 642 g/mol. The molecular formula is C37H46FN7O3S. The normalized spacial score (nSPS) is 19.6. The van der Waals surface area contributed by atoms with Crippen LogP contribution in [0.4, 0.5) is 4.39 Å². The fourth-order valence-corrected chi connectivity index (χ4v) is 7.22. The Morgan fingerprint density at radius 3 is 2.39 bits per heavy atom. The number of aromatic amines is 1. The third-order valence-corrected chi connectivity index (χ3v) is 10.2. The van der Waals surface area contributed by atoms with Crippen LogP contribution in [0.25, 0.3) is 10.9 Å². The van der Waals surface area contributed by atoms with Gasteiger partial charge in [0, 0.05) is 53.4 Å². The fraction of sp³-hybridized carbons (Fsp3) is 0.378. The van der Waals surface area contributed by atoms with Gasteiger partial charge in [0.2, 0.25) is 17.7 Å². The van der Waals surface area contributed by atoms with Crippen molar-refractivity contribution >= 4 is 40.4 Å². The topological polar surface area (TPSA) is 158 Å². The van der Waals surface area contributed by atoms with Gasteiger partial charge in [-0.3, -0.25) is 14.4 Å². The lowest BCUT2D eigenvalue weighted by molar-refractivity contribution is -0.142. The van der Waals surface area contributed by atoms with E-state index < -0.39 is 18.1 Å². The molecule has 0 saturated heterocycles. The first kappa shape index (κ1) is 36.1. The summed E-state index contributed by atoms with van der Waals surface area (Å²) in [5, 5.41) is 10.4. The van der Waals surface area contributed by atoms with Crippen molar-refractivity contribution in [3.05, 3.63) is 95.4 Å². The zero-order chi connectivity index (χ0) is 34.8. The third kappa shape index (κ3) is 9.27. The zero-order valence-electron chi connectivity index (χ0n) is 27.8. The molecule has 5 rings (SSSR count). The van der Waals surface area contributed by atoms with E-state index in [0.717, 1.165) is 31.8 Å². The zero-order valence-corrected chi connectivity index (χ0v) is 28.7. The molecule has 0 bridgehead atoms. The van der Waals surface area contributed by atoms with E-state index in [1.54, 1.807) is 13.1 Å². The Kier molecular flexibility index (Phi) is 12.8. The molecule has 1 aliphatic rings. The molecule has 12 heteroatoms. The van der Waals surface area contributed by atoms with Crippen LogP contribution in [0.3, 0.4) is 0 Å². The van der Waals surface area contributed by atoms with Crippen LogP contribution < -0.4 is 27.4 Å². The minimum atomic E-state index is -0.888. The van der Waals surface area contributed by atoms with Crippen LogP contribution >= 0.6 is 11.8 Å². The van der Waals surface area contributed by atoms with Crippen molar-refractivity contribution < 1.29 is 18.8 Å². The van der Waals surface area contributed by atoms with E-state index >= 15 is 0 Å². The van der Waals surface area contributed by atoms with Crippen LogP contribution in [0, 0.1) is 5.82 Å². The van der Waals surface area contributed by atoms with Crippen LogP contribution in [0.15, 0.2) is 82.7 Å². The summed E-state index contributed by atoms with van der Waals surface area (Å²) in [6.07, 6.45) is 4.78. The molecule has 10 nitrogen and oxygen atoms in total. The van der Waals surface area contributed by atoms with Crippen molar-refractivity contribution in [3.63, 3.8) is 0 Å². The van der Waals surface area contributed by atoms with Crippen molar-refractivity contribution in [2.75, 3.05) is 20.1 Å². The van der Waals surface area contributed by atoms with E-state index in [-0.39, 0.29) is 43.0 Å². The Bertz CT molecular complexity index is 1750. The first-order valence-corrected chi connectivity index (χ1v) is 17.7. The van der Waals surface area contributed by atoms with Gasteiger partial charge in [0.05, 0.1) is 6.04 Å². The highest BCUT2D eigenvalue weighted by Gasteiger charge is 2.34. The first-order chi connectivity index (χ1) is 23.8. The average Bonchev–Trinajstić information content (AvgIpc) is 3.52. The van der Waals surface area contributed by atoms with Crippen LogP contribution in [0.5, 0.6) is 0 Å². The van der Waals surface area contributed by atoms with Gasteiger partial charge in [0.15, 0.2) is 0 Å². The van der Waals surface area contributed by atoms with Crippen LogP contribution in [0.1, 0.15) is 48.8 Å². The number of nitrogens with zero attached hydrogens (tertiary/aromatic N) is 1. The number of fused-ring (bicyclic) bond motifs is 3. The Morgan fingerprint density at radius 1 is 0.837 bits per heavy atom. The number of nitrogens with two attached hydrogens (primary N) is 2.